The first kappa shape index (κ1) is 12.8. The zero-order valence-corrected chi connectivity index (χ0v) is 10.6. The fourth-order valence-corrected chi connectivity index (χ4v) is 1.53. The molecule has 0 aromatic heterocycles. The topological polar surface area (TPSA) is 33.1 Å². The van der Waals surface area contributed by atoms with Gasteiger partial charge in [-0.15, -0.1) is 0 Å². The molecule has 88 valence electrons. The molecule has 0 fully saturated rings. The van der Waals surface area contributed by atoms with Gasteiger partial charge in [-0.1, -0.05) is 45.0 Å². The van der Waals surface area contributed by atoms with Crippen LogP contribution in [-0.4, -0.2) is 12.5 Å². The van der Waals surface area contributed by atoms with Gasteiger partial charge in [0.05, 0.1) is 6.61 Å². The summed E-state index contributed by atoms with van der Waals surface area (Å²) in [6.07, 6.45) is 0.582. The normalized spacial score (nSPS) is 11.2. The van der Waals surface area contributed by atoms with Crippen LogP contribution in [0.4, 0.5) is 0 Å². The lowest BCUT2D eigenvalue weighted by molar-refractivity contribution is 0.317. The Bertz CT molecular complexity index is 346. The number of ether oxygens (including phenoxy) is 1. The molecule has 0 aliphatic rings. The lowest BCUT2D eigenvalue weighted by Crippen LogP contribution is -2.11. The minimum atomic E-state index is 0.186. The summed E-state index contributed by atoms with van der Waals surface area (Å²) in [7, 11) is 0. The van der Waals surface area contributed by atoms with Gasteiger partial charge in [-0.3, -0.25) is 5.41 Å². The molecule has 0 unspecified atom stereocenters. The first-order valence-electron chi connectivity index (χ1n) is 5.73. The van der Waals surface area contributed by atoms with Crippen molar-refractivity contribution in [3.8, 4) is 0 Å². The number of hydrogen-bond acceptors (Lipinski definition) is 2. The van der Waals surface area contributed by atoms with Gasteiger partial charge < -0.3 is 4.74 Å². The smallest absolute Gasteiger partial charge is 0.184 e. The summed E-state index contributed by atoms with van der Waals surface area (Å²) in [4.78, 5) is 0. The third kappa shape index (κ3) is 3.69. The molecule has 1 aromatic carbocycles. The zero-order chi connectivity index (χ0) is 12.2. The Kier molecular flexibility index (Phi) is 4.11. The van der Waals surface area contributed by atoms with Gasteiger partial charge in [-0.2, -0.15) is 0 Å². The van der Waals surface area contributed by atoms with Crippen molar-refractivity contribution >= 4 is 5.90 Å². The molecule has 0 heterocycles. The molecule has 0 bridgehead atoms. The summed E-state index contributed by atoms with van der Waals surface area (Å²) in [6, 6.07) is 8.42. The summed E-state index contributed by atoms with van der Waals surface area (Å²) in [6.45, 7) is 9.06. The highest BCUT2D eigenvalue weighted by molar-refractivity contribution is 5.75. The van der Waals surface area contributed by atoms with Crippen molar-refractivity contribution in [1.29, 1.82) is 5.41 Å². The first-order valence-corrected chi connectivity index (χ1v) is 5.73. The second-order valence-corrected chi connectivity index (χ2v) is 4.98. The quantitative estimate of drug-likeness (QED) is 0.612. The van der Waals surface area contributed by atoms with Gasteiger partial charge >= 0.3 is 0 Å². The van der Waals surface area contributed by atoms with E-state index in [9.17, 15) is 0 Å². The maximum absolute atomic E-state index is 7.58. The summed E-state index contributed by atoms with van der Waals surface area (Å²) >= 11 is 0. The van der Waals surface area contributed by atoms with Crippen molar-refractivity contribution in [2.24, 2.45) is 0 Å². The molecular formula is C14H21NO. The molecule has 0 atom stereocenters. The van der Waals surface area contributed by atoms with Crippen molar-refractivity contribution in [2.75, 3.05) is 6.61 Å². The van der Waals surface area contributed by atoms with Crippen LogP contribution in [-0.2, 0) is 16.6 Å². The first-order chi connectivity index (χ1) is 7.43. The Morgan fingerprint density at radius 3 is 2.19 bits per heavy atom. The fraction of sp³-hybridized carbons (Fsp3) is 0.500. The number of nitrogens with one attached hydrogen (secondary N) is 1. The van der Waals surface area contributed by atoms with E-state index >= 15 is 0 Å². The number of hydrogen-bond donors (Lipinski definition) is 1. The second kappa shape index (κ2) is 5.15. The molecule has 0 aliphatic heterocycles. The standard InChI is InChI=1S/C14H21NO/c1-5-16-13(15)10-11-6-8-12(9-7-11)14(2,3)4/h6-9,15H,5,10H2,1-4H3. The Balaban J connectivity index is 2.69. The SMILES string of the molecule is CCOC(=N)Cc1ccc(C(C)(C)C)cc1. The predicted octanol–water partition coefficient (Wildman–Crippen LogP) is 3.54. The molecule has 16 heavy (non-hydrogen) atoms. The highest BCUT2D eigenvalue weighted by Gasteiger charge is 2.12. The van der Waals surface area contributed by atoms with Crippen LogP contribution in [0.5, 0.6) is 0 Å². The molecular weight excluding hydrogens is 198 g/mol. The van der Waals surface area contributed by atoms with E-state index in [1.165, 1.54) is 5.56 Å². The predicted molar refractivity (Wildman–Crippen MR) is 68.2 cm³/mol. The molecule has 0 saturated heterocycles. The van der Waals surface area contributed by atoms with Gasteiger partial charge in [0, 0.05) is 6.42 Å². The Hall–Kier alpha value is -1.31. The highest BCUT2D eigenvalue weighted by atomic mass is 16.5. The van der Waals surface area contributed by atoms with Gasteiger partial charge in [0.1, 0.15) is 0 Å². The third-order valence-corrected chi connectivity index (χ3v) is 2.50. The van der Waals surface area contributed by atoms with Gasteiger partial charge in [0.15, 0.2) is 5.90 Å². The lowest BCUT2D eigenvalue weighted by Gasteiger charge is -2.19. The van der Waals surface area contributed by atoms with Crippen LogP contribution in [0.25, 0.3) is 0 Å². The lowest BCUT2D eigenvalue weighted by atomic mass is 9.86. The van der Waals surface area contributed by atoms with E-state index in [1.54, 1.807) is 0 Å². The molecule has 2 nitrogen and oxygen atoms in total. The Labute approximate surface area is 98.1 Å². The van der Waals surface area contributed by atoms with E-state index in [1.807, 2.05) is 6.92 Å². The number of benzene rings is 1. The van der Waals surface area contributed by atoms with Crippen molar-refractivity contribution in [1.82, 2.24) is 0 Å². The summed E-state index contributed by atoms with van der Waals surface area (Å²) in [5.41, 5.74) is 2.64. The van der Waals surface area contributed by atoms with Crippen LogP contribution in [0.2, 0.25) is 0 Å². The van der Waals surface area contributed by atoms with Gasteiger partial charge in [-0.05, 0) is 23.5 Å². The van der Waals surface area contributed by atoms with E-state index in [2.05, 4.69) is 45.0 Å². The van der Waals surface area contributed by atoms with E-state index in [-0.39, 0.29) is 5.41 Å². The van der Waals surface area contributed by atoms with E-state index in [0.29, 0.717) is 18.9 Å². The molecule has 2 heteroatoms. The molecule has 0 saturated carbocycles. The molecule has 0 amide bonds. The van der Waals surface area contributed by atoms with Gasteiger partial charge in [0.25, 0.3) is 0 Å². The van der Waals surface area contributed by atoms with E-state index < -0.39 is 0 Å². The van der Waals surface area contributed by atoms with Crippen LogP contribution < -0.4 is 0 Å². The van der Waals surface area contributed by atoms with Crippen molar-refractivity contribution < 1.29 is 4.74 Å². The van der Waals surface area contributed by atoms with Gasteiger partial charge in [-0.25, -0.2) is 0 Å². The van der Waals surface area contributed by atoms with Crippen molar-refractivity contribution in [3.05, 3.63) is 35.4 Å². The maximum Gasteiger partial charge on any atom is 0.184 e. The molecule has 1 aromatic rings. The van der Waals surface area contributed by atoms with E-state index in [4.69, 9.17) is 10.1 Å². The zero-order valence-electron chi connectivity index (χ0n) is 10.6. The van der Waals surface area contributed by atoms with Crippen LogP contribution in [0.15, 0.2) is 24.3 Å². The second-order valence-electron chi connectivity index (χ2n) is 4.98. The minimum absolute atomic E-state index is 0.186. The highest BCUT2D eigenvalue weighted by Crippen LogP contribution is 2.22. The fourth-order valence-electron chi connectivity index (χ4n) is 1.53. The van der Waals surface area contributed by atoms with Crippen molar-refractivity contribution in [3.63, 3.8) is 0 Å². The summed E-state index contributed by atoms with van der Waals surface area (Å²) in [5.74, 6) is 0.339. The summed E-state index contributed by atoms with van der Waals surface area (Å²) in [5, 5.41) is 7.58. The maximum atomic E-state index is 7.58. The number of rotatable bonds is 3. The molecule has 0 radical (unpaired) electrons. The molecule has 0 aliphatic carbocycles. The largest absolute Gasteiger partial charge is 0.481 e. The molecule has 0 spiro atoms. The summed E-state index contributed by atoms with van der Waals surface area (Å²) < 4.78 is 5.13. The van der Waals surface area contributed by atoms with Crippen LogP contribution in [0, 0.1) is 5.41 Å². The average Bonchev–Trinajstić information content (AvgIpc) is 2.17. The van der Waals surface area contributed by atoms with Crippen LogP contribution in [0.1, 0.15) is 38.8 Å². The molecule has 1 N–H and O–H groups in total. The third-order valence-electron chi connectivity index (χ3n) is 2.50. The van der Waals surface area contributed by atoms with Crippen molar-refractivity contribution in [2.45, 2.75) is 39.5 Å². The Morgan fingerprint density at radius 1 is 1.19 bits per heavy atom. The van der Waals surface area contributed by atoms with Crippen LogP contribution in [0.3, 0.4) is 0 Å². The minimum Gasteiger partial charge on any atom is -0.481 e. The van der Waals surface area contributed by atoms with E-state index in [0.717, 1.165) is 5.56 Å². The monoisotopic (exact) mass is 219 g/mol. The average molecular weight is 219 g/mol. The van der Waals surface area contributed by atoms with Crippen LogP contribution >= 0.6 is 0 Å². The van der Waals surface area contributed by atoms with Gasteiger partial charge in [0.2, 0.25) is 0 Å². The molecule has 1 rings (SSSR count). The Morgan fingerprint density at radius 2 is 1.75 bits per heavy atom.